The first-order chi connectivity index (χ1) is 5.83. The van der Waals surface area contributed by atoms with Crippen molar-refractivity contribution < 1.29 is 4.74 Å². The Morgan fingerprint density at radius 2 is 1.92 bits per heavy atom. The molecular weight excluding hydrogens is 148 g/mol. The van der Waals surface area contributed by atoms with Gasteiger partial charge in [-0.3, -0.25) is 0 Å². The fourth-order valence-electron chi connectivity index (χ4n) is 1.71. The standard InChI is InChI=1S/C11H22O/c1-3-5-6-7-11(8-9-11)10-12-4-2/h3-10H2,1-2H3. The second-order valence-electron chi connectivity index (χ2n) is 4.09. The summed E-state index contributed by atoms with van der Waals surface area (Å²) in [7, 11) is 0. The molecule has 0 amide bonds. The van der Waals surface area contributed by atoms with Crippen LogP contribution in [0.3, 0.4) is 0 Å². The minimum absolute atomic E-state index is 0.630. The molecule has 0 spiro atoms. The predicted octanol–water partition coefficient (Wildman–Crippen LogP) is 3.38. The monoisotopic (exact) mass is 170 g/mol. The van der Waals surface area contributed by atoms with Crippen molar-refractivity contribution in [3.8, 4) is 0 Å². The highest BCUT2D eigenvalue weighted by atomic mass is 16.5. The van der Waals surface area contributed by atoms with Gasteiger partial charge in [0.1, 0.15) is 0 Å². The molecular formula is C11H22O. The molecule has 0 aromatic rings. The van der Waals surface area contributed by atoms with Crippen LogP contribution in [0.5, 0.6) is 0 Å². The van der Waals surface area contributed by atoms with Crippen molar-refractivity contribution in [3.05, 3.63) is 0 Å². The van der Waals surface area contributed by atoms with Gasteiger partial charge in [0, 0.05) is 6.61 Å². The third-order valence-electron chi connectivity index (χ3n) is 2.88. The van der Waals surface area contributed by atoms with Crippen molar-refractivity contribution in [2.24, 2.45) is 5.41 Å². The molecule has 0 bridgehead atoms. The average molecular weight is 170 g/mol. The van der Waals surface area contributed by atoms with Crippen LogP contribution in [0.15, 0.2) is 0 Å². The van der Waals surface area contributed by atoms with Crippen molar-refractivity contribution in [2.75, 3.05) is 13.2 Å². The van der Waals surface area contributed by atoms with Gasteiger partial charge in [-0.2, -0.15) is 0 Å². The lowest BCUT2D eigenvalue weighted by Crippen LogP contribution is -2.10. The Morgan fingerprint density at radius 3 is 2.42 bits per heavy atom. The summed E-state index contributed by atoms with van der Waals surface area (Å²) in [6.45, 7) is 6.26. The molecule has 0 saturated heterocycles. The molecule has 0 atom stereocenters. The van der Waals surface area contributed by atoms with Gasteiger partial charge in [0.2, 0.25) is 0 Å². The number of hydrogen-bond acceptors (Lipinski definition) is 1. The molecule has 72 valence electrons. The van der Waals surface area contributed by atoms with Crippen LogP contribution in [0, 0.1) is 5.41 Å². The van der Waals surface area contributed by atoms with Gasteiger partial charge >= 0.3 is 0 Å². The zero-order chi connectivity index (χ0) is 8.86. The summed E-state index contributed by atoms with van der Waals surface area (Å²) in [6, 6.07) is 0. The van der Waals surface area contributed by atoms with Gasteiger partial charge in [-0.15, -0.1) is 0 Å². The Morgan fingerprint density at radius 1 is 1.17 bits per heavy atom. The van der Waals surface area contributed by atoms with Gasteiger partial charge in [-0.05, 0) is 31.6 Å². The number of ether oxygens (including phenoxy) is 1. The highest BCUT2D eigenvalue weighted by molar-refractivity contribution is 4.92. The highest BCUT2D eigenvalue weighted by Crippen LogP contribution is 2.50. The lowest BCUT2D eigenvalue weighted by atomic mass is 9.99. The van der Waals surface area contributed by atoms with E-state index >= 15 is 0 Å². The minimum atomic E-state index is 0.630. The minimum Gasteiger partial charge on any atom is -0.381 e. The zero-order valence-electron chi connectivity index (χ0n) is 8.57. The summed E-state index contributed by atoms with van der Waals surface area (Å²) in [5.41, 5.74) is 0.630. The fourth-order valence-corrected chi connectivity index (χ4v) is 1.71. The Labute approximate surface area is 76.5 Å². The molecule has 12 heavy (non-hydrogen) atoms. The first-order valence-corrected chi connectivity index (χ1v) is 5.41. The molecule has 1 aliphatic rings. The normalized spacial score (nSPS) is 19.5. The van der Waals surface area contributed by atoms with Crippen molar-refractivity contribution in [1.82, 2.24) is 0 Å². The number of hydrogen-bond donors (Lipinski definition) is 0. The zero-order valence-corrected chi connectivity index (χ0v) is 8.57. The summed E-state index contributed by atoms with van der Waals surface area (Å²) < 4.78 is 5.49. The molecule has 0 N–H and O–H groups in total. The molecule has 0 aromatic carbocycles. The molecule has 1 rings (SSSR count). The van der Waals surface area contributed by atoms with E-state index in [1.165, 1.54) is 38.5 Å². The molecule has 0 heterocycles. The Balaban J connectivity index is 2.04. The van der Waals surface area contributed by atoms with E-state index in [2.05, 4.69) is 13.8 Å². The van der Waals surface area contributed by atoms with Gasteiger partial charge in [-0.25, -0.2) is 0 Å². The summed E-state index contributed by atoms with van der Waals surface area (Å²) in [5, 5.41) is 0. The van der Waals surface area contributed by atoms with E-state index in [1.807, 2.05) is 0 Å². The fraction of sp³-hybridized carbons (Fsp3) is 1.00. The summed E-state index contributed by atoms with van der Waals surface area (Å²) in [6.07, 6.45) is 8.37. The first-order valence-electron chi connectivity index (χ1n) is 5.41. The molecule has 1 heteroatoms. The van der Waals surface area contributed by atoms with Crippen LogP contribution in [0.1, 0.15) is 52.4 Å². The quantitative estimate of drug-likeness (QED) is 0.532. The molecule has 1 aliphatic carbocycles. The van der Waals surface area contributed by atoms with Crippen molar-refractivity contribution >= 4 is 0 Å². The summed E-state index contributed by atoms with van der Waals surface area (Å²) in [5.74, 6) is 0. The van der Waals surface area contributed by atoms with E-state index in [1.54, 1.807) is 0 Å². The Hall–Kier alpha value is -0.0400. The van der Waals surface area contributed by atoms with E-state index in [9.17, 15) is 0 Å². The summed E-state index contributed by atoms with van der Waals surface area (Å²) in [4.78, 5) is 0. The molecule has 1 nitrogen and oxygen atoms in total. The van der Waals surface area contributed by atoms with Crippen LogP contribution in [-0.2, 0) is 4.74 Å². The maximum Gasteiger partial charge on any atom is 0.0522 e. The van der Waals surface area contributed by atoms with Crippen molar-refractivity contribution in [2.45, 2.75) is 52.4 Å². The molecule has 0 aliphatic heterocycles. The highest BCUT2D eigenvalue weighted by Gasteiger charge is 2.41. The topological polar surface area (TPSA) is 9.23 Å². The van der Waals surface area contributed by atoms with Crippen LogP contribution in [0.4, 0.5) is 0 Å². The molecule has 0 unspecified atom stereocenters. The van der Waals surface area contributed by atoms with Gasteiger partial charge < -0.3 is 4.74 Å². The number of rotatable bonds is 7. The third kappa shape index (κ3) is 3.14. The summed E-state index contributed by atoms with van der Waals surface area (Å²) >= 11 is 0. The average Bonchev–Trinajstić information content (AvgIpc) is 2.83. The van der Waals surface area contributed by atoms with Crippen LogP contribution >= 0.6 is 0 Å². The molecule has 0 aromatic heterocycles. The van der Waals surface area contributed by atoms with Gasteiger partial charge in [0.25, 0.3) is 0 Å². The Kier molecular flexibility index (Phi) is 4.07. The van der Waals surface area contributed by atoms with E-state index in [0.29, 0.717) is 5.41 Å². The molecule has 1 saturated carbocycles. The molecule has 1 fully saturated rings. The number of unbranched alkanes of at least 4 members (excludes halogenated alkanes) is 2. The van der Waals surface area contributed by atoms with Crippen LogP contribution in [0.25, 0.3) is 0 Å². The second kappa shape index (κ2) is 4.86. The lowest BCUT2D eigenvalue weighted by molar-refractivity contribution is 0.0956. The van der Waals surface area contributed by atoms with Gasteiger partial charge in [0.15, 0.2) is 0 Å². The van der Waals surface area contributed by atoms with E-state index in [4.69, 9.17) is 4.74 Å². The Bertz CT molecular complexity index is 116. The maximum absolute atomic E-state index is 5.49. The lowest BCUT2D eigenvalue weighted by Gasteiger charge is -2.13. The van der Waals surface area contributed by atoms with E-state index in [0.717, 1.165) is 13.2 Å². The van der Waals surface area contributed by atoms with Crippen molar-refractivity contribution in [1.29, 1.82) is 0 Å². The smallest absolute Gasteiger partial charge is 0.0522 e. The van der Waals surface area contributed by atoms with Gasteiger partial charge in [-0.1, -0.05) is 26.2 Å². The van der Waals surface area contributed by atoms with Crippen molar-refractivity contribution in [3.63, 3.8) is 0 Å². The second-order valence-corrected chi connectivity index (χ2v) is 4.09. The maximum atomic E-state index is 5.49. The van der Waals surface area contributed by atoms with Crippen LogP contribution in [-0.4, -0.2) is 13.2 Å². The van der Waals surface area contributed by atoms with Crippen LogP contribution in [0.2, 0.25) is 0 Å². The predicted molar refractivity (Wildman–Crippen MR) is 52.3 cm³/mol. The van der Waals surface area contributed by atoms with E-state index < -0.39 is 0 Å². The van der Waals surface area contributed by atoms with Crippen LogP contribution < -0.4 is 0 Å². The van der Waals surface area contributed by atoms with E-state index in [-0.39, 0.29) is 0 Å². The van der Waals surface area contributed by atoms with Gasteiger partial charge in [0.05, 0.1) is 6.61 Å². The largest absolute Gasteiger partial charge is 0.381 e. The first kappa shape index (κ1) is 10.0. The molecule has 0 radical (unpaired) electrons. The third-order valence-corrected chi connectivity index (χ3v) is 2.88. The SMILES string of the molecule is CCCCCC1(COCC)CC1.